The van der Waals surface area contributed by atoms with E-state index in [4.69, 9.17) is 11.6 Å². The normalized spacial score (nSPS) is 10.4. The Morgan fingerprint density at radius 3 is 2.42 bits per heavy atom. The van der Waals surface area contributed by atoms with Crippen LogP contribution in [0.15, 0.2) is 72.9 Å². The first-order valence-corrected chi connectivity index (χ1v) is 8.11. The largest absolute Gasteiger partial charge is 0.352 e. The average Bonchev–Trinajstić information content (AvgIpc) is 2.63. The third-order valence-electron chi connectivity index (χ3n) is 3.72. The van der Waals surface area contributed by atoms with Gasteiger partial charge in [0.1, 0.15) is 0 Å². The summed E-state index contributed by atoms with van der Waals surface area (Å²) in [4.78, 5) is 16.6. The second kappa shape index (κ2) is 7.75. The van der Waals surface area contributed by atoms with E-state index in [1.54, 1.807) is 12.3 Å². The lowest BCUT2D eigenvalue weighted by Crippen LogP contribution is -2.25. The molecule has 0 aliphatic rings. The highest BCUT2D eigenvalue weighted by Gasteiger charge is 2.09. The summed E-state index contributed by atoms with van der Waals surface area (Å²) in [6, 6.07) is 21.2. The van der Waals surface area contributed by atoms with Crippen LogP contribution in [0.25, 0.3) is 11.3 Å². The first-order valence-electron chi connectivity index (χ1n) is 7.73. The number of halogens is 1. The fourth-order valence-electron chi connectivity index (χ4n) is 2.51. The van der Waals surface area contributed by atoms with Crippen LogP contribution in [0.3, 0.4) is 0 Å². The zero-order valence-corrected chi connectivity index (χ0v) is 13.8. The van der Waals surface area contributed by atoms with Crippen molar-refractivity contribution >= 4 is 17.5 Å². The van der Waals surface area contributed by atoms with Gasteiger partial charge in [-0.25, -0.2) is 0 Å². The SMILES string of the molecule is O=C(Cc1ccccc1Cl)NCc1cccnc1-c1ccccc1. The lowest BCUT2D eigenvalue weighted by molar-refractivity contribution is -0.120. The summed E-state index contributed by atoms with van der Waals surface area (Å²) in [7, 11) is 0. The Bertz CT molecular complexity index is 834. The highest BCUT2D eigenvalue weighted by molar-refractivity contribution is 6.31. The molecule has 0 spiro atoms. The molecule has 1 aromatic heterocycles. The minimum atomic E-state index is -0.0639. The molecular formula is C20H17ClN2O. The zero-order valence-electron chi connectivity index (χ0n) is 13.1. The smallest absolute Gasteiger partial charge is 0.224 e. The van der Waals surface area contributed by atoms with Crippen molar-refractivity contribution in [3.8, 4) is 11.3 Å². The van der Waals surface area contributed by atoms with E-state index >= 15 is 0 Å². The molecule has 0 unspecified atom stereocenters. The molecule has 0 saturated carbocycles. The Kier molecular flexibility index (Phi) is 5.24. The number of aromatic nitrogens is 1. The number of hydrogen-bond donors (Lipinski definition) is 1. The van der Waals surface area contributed by atoms with E-state index in [0.717, 1.165) is 22.4 Å². The molecular weight excluding hydrogens is 320 g/mol. The molecule has 0 bridgehead atoms. The topological polar surface area (TPSA) is 42.0 Å². The monoisotopic (exact) mass is 336 g/mol. The van der Waals surface area contributed by atoms with E-state index in [1.807, 2.05) is 60.7 Å². The van der Waals surface area contributed by atoms with Gasteiger partial charge in [-0.2, -0.15) is 0 Å². The molecule has 1 amide bonds. The van der Waals surface area contributed by atoms with Crippen molar-refractivity contribution in [3.63, 3.8) is 0 Å². The van der Waals surface area contributed by atoms with Crippen LogP contribution in [0, 0.1) is 0 Å². The molecule has 3 aromatic rings. The third-order valence-corrected chi connectivity index (χ3v) is 4.09. The molecule has 120 valence electrons. The van der Waals surface area contributed by atoms with Crippen molar-refractivity contribution in [2.24, 2.45) is 0 Å². The Balaban J connectivity index is 1.69. The maximum atomic E-state index is 12.2. The van der Waals surface area contributed by atoms with Crippen LogP contribution in [0.4, 0.5) is 0 Å². The molecule has 0 fully saturated rings. The molecule has 4 heteroatoms. The minimum Gasteiger partial charge on any atom is -0.352 e. The van der Waals surface area contributed by atoms with Gasteiger partial charge in [0, 0.05) is 23.3 Å². The number of amides is 1. The van der Waals surface area contributed by atoms with Crippen molar-refractivity contribution < 1.29 is 4.79 Å². The number of rotatable bonds is 5. The molecule has 3 nitrogen and oxygen atoms in total. The quantitative estimate of drug-likeness (QED) is 0.756. The first kappa shape index (κ1) is 16.2. The van der Waals surface area contributed by atoms with E-state index < -0.39 is 0 Å². The second-order valence-electron chi connectivity index (χ2n) is 5.42. The van der Waals surface area contributed by atoms with Crippen LogP contribution < -0.4 is 5.32 Å². The third kappa shape index (κ3) is 4.00. The van der Waals surface area contributed by atoms with Gasteiger partial charge >= 0.3 is 0 Å². The lowest BCUT2D eigenvalue weighted by atomic mass is 10.1. The van der Waals surface area contributed by atoms with E-state index in [2.05, 4.69) is 10.3 Å². The Hall–Kier alpha value is -2.65. The fourth-order valence-corrected chi connectivity index (χ4v) is 2.71. The standard InChI is InChI=1S/C20H17ClN2O/c21-18-11-5-4-9-16(18)13-19(24)23-14-17-10-6-12-22-20(17)15-7-2-1-3-8-15/h1-12H,13-14H2,(H,23,24). The number of benzene rings is 2. The highest BCUT2D eigenvalue weighted by Crippen LogP contribution is 2.20. The molecule has 24 heavy (non-hydrogen) atoms. The Morgan fingerprint density at radius 1 is 0.917 bits per heavy atom. The summed E-state index contributed by atoms with van der Waals surface area (Å²) in [5.74, 6) is -0.0639. The predicted molar refractivity (Wildman–Crippen MR) is 96.7 cm³/mol. The molecule has 2 aromatic carbocycles. The van der Waals surface area contributed by atoms with Gasteiger partial charge in [-0.3, -0.25) is 9.78 Å². The summed E-state index contributed by atoms with van der Waals surface area (Å²) in [6.45, 7) is 0.432. The van der Waals surface area contributed by atoms with Gasteiger partial charge in [0.2, 0.25) is 5.91 Å². The summed E-state index contributed by atoms with van der Waals surface area (Å²) in [6.07, 6.45) is 2.03. The number of nitrogens with one attached hydrogen (secondary N) is 1. The number of carbonyl (C=O) groups is 1. The molecule has 0 aliphatic carbocycles. The van der Waals surface area contributed by atoms with E-state index in [-0.39, 0.29) is 12.3 Å². The Morgan fingerprint density at radius 2 is 1.62 bits per heavy atom. The molecule has 1 heterocycles. The molecule has 3 rings (SSSR count). The van der Waals surface area contributed by atoms with Crippen molar-refractivity contribution in [2.45, 2.75) is 13.0 Å². The fraction of sp³-hybridized carbons (Fsp3) is 0.100. The predicted octanol–water partition coefficient (Wildman–Crippen LogP) is 4.26. The van der Waals surface area contributed by atoms with Crippen molar-refractivity contribution in [1.29, 1.82) is 0 Å². The minimum absolute atomic E-state index is 0.0639. The van der Waals surface area contributed by atoms with Gasteiger partial charge in [0.15, 0.2) is 0 Å². The van der Waals surface area contributed by atoms with Gasteiger partial charge in [-0.1, -0.05) is 66.2 Å². The number of nitrogens with zero attached hydrogens (tertiary/aromatic N) is 1. The van der Waals surface area contributed by atoms with Crippen LogP contribution in [0.5, 0.6) is 0 Å². The lowest BCUT2D eigenvalue weighted by Gasteiger charge is -2.10. The summed E-state index contributed by atoms with van der Waals surface area (Å²) in [5, 5.41) is 3.56. The molecule has 1 N–H and O–H groups in total. The van der Waals surface area contributed by atoms with Gasteiger partial charge in [0.25, 0.3) is 0 Å². The first-order chi connectivity index (χ1) is 11.7. The van der Waals surface area contributed by atoms with Crippen LogP contribution in [-0.2, 0) is 17.8 Å². The molecule has 0 radical (unpaired) electrons. The molecule has 0 atom stereocenters. The average molecular weight is 337 g/mol. The molecule has 0 aliphatic heterocycles. The zero-order chi connectivity index (χ0) is 16.8. The van der Waals surface area contributed by atoms with Crippen LogP contribution >= 0.6 is 11.6 Å². The van der Waals surface area contributed by atoms with Crippen LogP contribution in [-0.4, -0.2) is 10.9 Å². The van der Waals surface area contributed by atoms with E-state index in [9.17, 15) is 4.79 Å². The Labute approximate surface area is 146 Å². The van der Waals surface area contributed by atoms with Gasteiger partial charge in [0.05, 0.1) is 12.1 Å². The van der Waals surface area contributed by atoms with Crippen molar-refractivity contribution in [1.82, 2.24) is 10.3 Å². The van der Waals surface area contributed by atoms with Crippen LogP contribution in [0.2, 0.25) is 5.02 Å². The molecule has 0 saturated heterocycles. The number of pyridine rings is 1. The van der Waals surface area contributed by atoms with E-state index in [0.29, 0.717) is 11.6 Å². The summed E-state index contributed by atoms with van der Waals surface area (Å²) < 4.78 is 0. The van der Waals surface area contributed by atoms with Crippen LogP contribution in [0.1, 0.15) is 11.1 Å². The highest BCUT2D eigenvalue weighted by atomic mass is 35.5. The second-order valence-corrected chi connectivity index (χ2v) is 5.83. The van der Waals surface area contributed by atoms with Gasteiger partial charge < -0.3 is 5.32 Å². The maximum Gasteiger partial charge on any atom is 0.224 e. The number of carbonyl (C=O) groups excluding carboxylic acids is 1. The summed E-state index contributed by atoms with van der Waals surface area (Å²) in [5.41, 5.74) is 3.73. The summed E-state index contributed by atoms with van der Waals surface area (Å²) >= 11 is 6.10. The van der Waals surface area contributed by atoms with Crippen molar-refractivity contribution in [2.75, 3.05) is 0 Å². The maximum absolute atomic E-state index is 12.2. The van der Waals surface area contributed by atoms with Gasteiger partial charge in [-0.15, -0.1) is 0 Å². The number of hydrogen-bond acceptors (Lipinski definition) is 2. The van der Waals surface area contributed by atoms with Gasteiger partial charge in [-0.05, 0) is 23.3 Å². The van der Waals surface area contributed by atoms with Crippen molar-refractivity contribution in [3.05, 3.63) is 89.1 Å². The van der Waals surface area contributed by atoms with E-state index in [1.165, 1.54) is 0 Å².